The molecule has 0 aliphatic carbocycles. The Morgan fingerprint density at radius 1 is 1.11 bits per heavy atom. The average molecular weight is 240 g/mol. The molecule has 0 fully saturated rings. The number of hydrazone groups is 1. The lowest BCUT2D eigenvalue weighted by Gasteiger charge is -2.04. The number of hydrogen-bond donors (Lipinski definition) is 1. The first-order valence-corrected chi connectivity index (χ1v) is 5.78. The number of rotatable bonds is 4. The van der Waals surface area contributed by atoms with Crippen LogP contribution in [0, 0.1) is 6.92 Å². The molecule has 0 aromatic heterocycles. The zero-order valence-corrected chi connectivity index (χ0v) is 10.6. The van der Waals surface area contributed by atoms with Gasteiger partial charge in [0, 0.05) is 0 Å². The lowest BCUT2D eigenvalue weighted by molar-refractivity contribution is 0.411. The first-order chi connectivity index (χ1) is 8.79. The van der Waals surface area contributed by atoms with Gasteiger partial charge in [-0.05, 0) is 48.4 Å². The third kappa shape index (κ3) is 3.10. The molecule has 92 valence electrons. The summed E-state index contributed by atoms with van der Waals surface area (Å²) in [4.78, 5) is 0. The van der Waals surface area contributed by atoms with E-state index in [1.807, 2.05) is 55.5 Å². The zero-order valence-electron chi connectivity index (χ0n) is 10.6. The Morgan fingerprint density at radius 3 is 2.56 bits per heavy atom. The molecule has 0 aliphatic rings. The normalized spacial score (nSPS) is 10.6. The van der Waals surface area contributed by atoms with Gasteiger partial charge in [0.25, 0.3) is 0 Å². The van der Waals surface area contributed by atoms with Gasteiger partial charge in [0.2, 0.25) is 0 Å². The van der Waals surface area contributed by atoms with Crippen LogP contribution < -0.4 is 10.2 Å². The molecule has 0 atom stereocenters. The number of nitrogens with zero attached hydrogens (tertiary/aromatic N) is 1. The van der Waals surface area contributed by atoms with Crippen LogP contribution in [0.15, 0.2) is 53.6 Å². The molecular weight excluding hydrogens is 224 g/mol. The topological polar surface area (TPSA) is 33.6 Å². The third-order valence-electron chi connectivity index (χ3n) is 2.60. The van der Waals surface area contributed by atoms with Crippen LogP contribution in [0.3, 0.4) is 0 Å². The molecule has 3 nitrogen and oxygen atoms in total. The molecule has 0 heterocycles. The van der Waals surface area contributed by atoms with Crippen LogP contribution >= 0.6 is 0 Å². The summed E-state index contributed by atoms with van der Waals surface area (Å²) in [5.74, 6) is 0.892. The number of methoxy groups -OCH3 is 1. The summed E-state index contributed by atoms with van der Waals surface area (Å²) in [6.07, 6.45) is 1.79. The maximum Gasteiger partial charge on any atom is 0.121 e. The minimum Gasteiger partial charge on any atom is -0.496 e. The average Bonchev–Trinajstić information content (AvgIpc) is 2.40. The van der Waals surface area contributed by atoms with Gasteiger partial charge in [-0.25, -0.2) is 0 Å². The number of para-hydroxylation sites is 1. The van der Waals surface area contributed by atoms with Gasteiger partial charge in [-0.15, -0.1) is 0 Å². The first-order valence-electron chi connectivity index (χ1n) is 5.78. The van der Waals surface area contributed by atoms with Crippen LogP contribution in [0.1, 0.15) is 11.1 Å². The van der Waals surface area contributed by atoms with Crippen LogP contribution in [0.2, 0.25) is 0 Å². The standard InChI is InChI=1S/C15H16N2O/c1-12-10-13(8-9-15(12)18-2)11-16-17-14-6-4-3-5-7-14/h3-11,17H,1-2H3. The van der Waals surface area contributed by atoms with Gasteiger partial charge >= 0.3 is 0 Å². The van der Waals surface area contributed by atoms with Gasteiger partial charge in [0.1, 0.15) is 5.75 Å². The molecule has 0 saturated heterocycles. The zero-order chi connectivity index (χ0) is 12.8. The summed E-state index contributed by atoms with van der Waals surface area (Å²) in [7, 11) is 1.67. The molecule has 0 aliphatic heterocycles. The minimum atomic E-state index is 0.892. The van der Waals surface area contributed by atoms with E-state index in [-0.39, 0.29) is 0 Å². The van der Waals surface area contributed by atoms with Crippen molar-refractivity contribution in [1.29, 1.82) is 0 Å². The van der Waals surface area contributed by atoms with Crippen LogP contribution in [-0.2, 0) is 0 Å². The van der Waals surface area contributed by atoms with Crippen molar-refractivity contribution in [1.82, 2.24) is 0 Å². The number of anilines is 1. The van der Waals surface area contributed by atoms with Crippen LogP contribution in [-0.4, -0.2) is 13.3 Å². The predicted molar refractivity (Wildman–Crippen MR) is 75.4 cm³/mol. The number of ether oxygens (including phenoxy) is 1. The Kier molecular flexibility index (Phi) is 3.97. The summed E-state index contributed by atoms with van der Waals surface area (Å²) in [6, 6.07) is 15.8. The van der Waals surface area contributed by atoms with Crippen molar-refractivity contribution >= 4 is 11.9 Å². The summed E-state index contributed by atoms with van der Waals surface area (Å²) < 4.78 is 5.21. The number of hydrogen-bond acceptors (Lipinski definition) is 3. The van der Waals surface area contributed by atoms with Crippen molar-refractivity contribution in [2.24, 2.45) is 5.10 Å². The first kappa shape index (κ1) is 12.2. The monoisotopic (exact) mass is 240 g/mol. The molecule has 18 heavy (non-hydrogen) atoms. The Morgan fingerprint density at radius 2 is 1.89 bits per heavy atom. The van der Waals surface area contributed by atoms with E-state index in [4.69, 9.17) is 4.74 Å². The van der Waals surface area contributed by atoms with Crippen molar-refractivity contribution in [3.8, 4) is 5.75 Å². The smallest absolute Gasteiger partial charge is 0.121 e. The number of aryl methyl sites for hydroxylation is 1. The lowest BCUT2D eigenvalue weighted by Crippen LogP contribution is -1.92. The van der Waals surface area contributed by atoms with Gasteiger partial charge in [0.15, 0.2) is 0 Å². The van der Waals surface area contributed by atoms with Crippen LogP contribution in [0.4, 0.5) is 5.69 Å². The van der Waals surface area contributed by atoms with Crippen molar-refractivity contribution in [3.05, 3.63) is 59.7 Å². The minimum absolute atomic E-state index is 0.892. The van der Waals surface area contributed by atoms with E-state index < -0.39 is 0 Å². The van der Waals surface area contributed by atoms with Gasteiger partial charge in [-0.3, -0.25) is 5.43 Å². The Hall–Kier alpha value is -2.29. The highest BCUT2D eigenvalue weighted by atomic mass is 16.5. The molecule has 2 rings (SSSR count). The molecular formula is C15H16N2O. The van der Waals surface area contributed by atoms with Crippen LogP contribution in [0.5, 0.6) is 5.75 Å². The molecule has 0 spiro atoms. The molecule has 1 N–H and O–H groups in total. The van der Waals surface area contributed by atoms with Crippen molar-refractivity contribution < 1.29 is 4.74 Å². The summed E-state index contributed by atoms with van der Waals surface area (Å²) in [5.41, 5.74) is 6.09. The molecule has 2 aromatic rings. The summed E-state index contributed by atoms with van der Waals surface area (Å²) in [5, 5.41) is 4.19. The van der Waals surface area contributed by atoms with Crippen molar-refractivity contribution in [2.75, 3.05) is 12.5 Å². The van der Waals surface area contributed by atoms with Gasteiger partial charge in [0.05, 0.1) is 19.0 Å². The SMILES string of the molecule is COc1ccc(C=NNc2ccccc2)cc1C. The highest BCUT2D eigenvalue weighted by molar-refractivity contribution is 5.80. The fraction of sp³-hybridized carbons (Fsp3) is 0.133. The molecule has 2 aromatic carbocycles. The summed E-state index contributed by atoms with van der Waals surface area (Å²) in [6.45, 7) is 2.01. The Bertz CT molecular complexity index is 535. The molecule has 3 heteroatoms. The largest absolute Gasteiger partial charge is 0.496 e. The molecule has 0 saturated carbocycles. The van der Waals surface area contributed by atoms with E-state index >= 15 is 0 Å². The van der Waals surface area contributed by atoms with E-state index in [1.165, 1.54) is 0 Å². The highest BCUT2D eigenvalue weighted by Crippen LogP contribution is 2.17. The highest BCUT2D eigenvalue weighted by Gasteiger charge is 1.97. The van der Waals surface area contributed by atoms with E-state index in [0.29, 0.717) is 0 Å². The fourth-order valence-electron chi connectivity index (χ4n) is 1.68. The molecule has 0 amide bonds. The lowest BCUT2D eigenvalue weighted by atomic mass is 10.1. The Labute approximate surface area is 107 Å². The number of benzene rings is 2. The second kappa shape index (κ2) is 5.87. The predicted octanol–water partition coefficient (Wildman–Crippen LogP) is 3.45. The summed E-state index contributed by atoms with van der Waals surface area (Å²) >= 11 is 0. The third-order valence-corrected chi connectivity index (χ3v) is 2.60. The Balaban J connectivity index is 2.03. The number of nitrogens with one attached hydrogen (secondary N) is 1. The quantitative estimate of drug-likeness (QED) is 0.656. The van der Waals surface area contributed by atoms with E-state index in [2.05, 4.69) is 10.5 Å². The second-order valence-corrected chi connectivity index (χ2v) is 3.97. The molecule has 0 bridgehead atoms. The van der Waals surface area contributed by atoms with Crippen molar-refractivity contribution in [3.63, 3.8) is 0 Å². The van der Waals surface area contributed by atoms with Gasteiger partial charge in [-0.1, -0.05) is 18.2 Å². The van der Waals surface area contributed by atoms with Gasteiger partial charge < -0.3 is 4.74 Å². The van der Waals surface area contributed by atoms with Crippen molar-refractivity contribution in [2.45, 2.75) is 6.92 Å². The maximum absolute atomic E-state index is 5.21. The second-order valence-electron chi connectivity index (χ2n) is 3.97. The van der Waals surface area contributed by atoms with E-state index in [1.54, 1.807) is 13.3 Å². The molecule has 0 radical (unpaired) electrons. The maximum atomic E-state index is 5.21. The van der Waals surface area contributed by atoms with Crippen LogP contribution in [0.25, 0.3) is 0 Å². The van der Waals surface area contributed by atoms with E-state index in [0.717, 1.165) is 22.6 Å². The van der Waals surface area contributed by atoms with Gasteiger partial charge in [-0.2, -0.15) is 5.10 Å². The fourth-order valence-corrected chi connectivity index (χ4v) is 1.68. The van der Waals surface area contributed by atoms with E-state index in [9.17, 15) is 0 Å². The molecule has 0 unspecified atom stereocenters.